The zero-order chi connectivity index (χ0) is 13.0. The van der Waals surface area contributed by atoms with Crippen molar-refractivity contribution in [3.8, 4) is 0 Å². The van der Waals surface area contributed by atoms with Crippen LogP contribution < -0.4 is 5.32 Å². The number of carbonyl (C=O) groups excluding carboxylic acids is 1. The molecule has 0 fully saturated rings. The molecule has 0 radical (unpaired) electrons. The summed E-state index contributed by atoms with van der Waals surface area (Å²) >= 11 is 0. The van der Waals surface area contributed by atoms with Crippen molar-refractivity contribution in [2.75, 3.05) is 5.32 Å². The van der Waals surface area contributed by atoms with E-state index in [2.05, 4.69) is 17.2 Å². The maximum Gasteiger partial charge on any atom is 0.257 e. The summed E-state index contributed by atoms with van der Waals surface area (Å²) in [6.07, 6.45) is 4.12. The highest BCUT2D eigenvalue weighted by Gasteiger charge is 2.10. The van der Waals surface area contributed by atoms with Crippen LogP contribution >= 0.6 is 12.4 Å². The third kappa shape index (κ3) is 3.55. The number of benzene rings is 1. The first-order chi connectivity index (χ1) is 8.72. The van der Waals surface area contributed by atoms with Crippen LogP contribution in [0.4, 0.5) is 5.69 Å². The van der Waals surface area contributed by atoms with Gasteiger partial charge in [0.2, 0.25) is 0 Å². The van der Waals surface area contributed by atoms with Crippen molar-refractivity contribution in [2.45, 2.75) is 20.3 Å². The lowest BCUT2D eigenvalue weighted by Gasteiger charge is -2.12. The summed E-state index contributed by atoms with van der Waals surface area (Å²) in [5, 5.41) is 2.97. The van der Waals surface area contributed by atoms with Crippen molar-refractivity contribution in [1.29, 1.82) is 0 Å². The van der Waals surface area contributed by atoms with E-state index in [4.69, 9.17) is 0 Å². The largest absolute Gasteiger partial charge is 0.321 e. The number of para-hydroxylation sites is 1. The first-order valence-electron chi connectivity index (χ1n) is 6.02. The number of halogens is 1. The van der Waals surface area contributed by atoms with Crippen LogP contribution in [0, 0.1) is 6.92 Å². The quantitative estimate of drug-likeness (QED) is 0.930. The SMILES string of the molecule is CCc1cccc(C)c1NC(=O)c1cccnc1.Cl. The molecular formula is C15H17ClN2O. The van der Waals surface area contributed by atoms with Gasteiger partial charge in [0, 0.05) is 18.1 Å². The number of hydrogen-bond acceptors (Lipinski definition) is 2. The molecule has 0 saturated heterocycles. The average molecular weight is 277 g/mol. The predicted octanol–water partition coefficient (Wildman–Crippen LogP) is 3.63. The Morgan fingerprint density at radius 3 is 2.68 bits per heavy atom. The second kappa shape index (κ2) is 6.90. The highest BCUT2D eigenvalue weighted by molar-refractivity contribution is 6.04. The van der Waals surface area contributed by atoms with E-state index in [1.54, 1.807) is 24.5 Å². The van der Waals surface area contributed by atoms with Gasteiger partial charge in [0.25, 0.3) is 5.91 Å². The van der Waals surface area contributed by atoms with Crippen molar-refractivity contribution >= 4 is 24.0 Å². The van der Waals surface area contributed by atoms with Crippen molar-refractivity contribution in [3.63, 3.8) is 0 Å². The minimum absolute atomic E-state index is 0. The van der Waals surface area contributed by atoms with Gasteiger partial charge in [-0.2, -0.15) is 0 Å². The van der Waals surface area contributed by atoms with Crippen LogP contribution in [-0.2, 0) is 6.42 Å². The van der Waals surface area contributed by atoms with E-state index in [-0.39, 0.29) is 18.3 Å². The lowest BCUT2D eigenvalue weighted by Crippen LogP contribution is -2.14. The molecule has 0 spiro atoms. The lowest BCUT2D eigenvalue weighted by atomic mass is 10.1. The molecule has 0 atom stereocenters. The fraction of sp³-hybridized carbons (Fsp3) is 0.200. The number of amides is 1. The van der Waals surface area contributed by atoms with E-state index in [0.29, 0.717) is 5.56 Å². The molecule has 0 aliphatic rings. The lowest BCUT2D eigenvalue weighted by molar-refractivity contribution is 0.102. The Balaban J connectivity index is 0.00000180. The number of rotatable bonds is 3. The van der Waals surface area contributed by atoms with E-state index in [9.17, 15) is 4.79 Å². The van der Waals surface area contributed by atoms with Crippen LogP contribution in [0.3, 0.4) is 0 Å². The molecule has 1 aromatic heterocycles. The van der Waals surface area contributed by atoms with Crippen LogP contribution in [0.25, 0.3) is 0 Å². The van der Waals surface area contributed by atoms with Crippen molar-refractivity contribution in [3.05, 3.63) is 59.4 Å². The predicted molar refractivity (Wildman–Crippen MR) is 80.0 cm³/mol. The molecule has 19 heavy (non-hydrogen) atoms. The molecule has 0 unspecified atom stereocenters. The van der Waals surface area contributed by atoms with Crippen molar-refractivity contribution in [1.82, 2.24) is 4.98 Å². The van der Waals surface area contributed by atoms with Gasteiger partial charge in [0.05, 0.1) is 5.56 Å². The van der Waals surface area contributed by atoms with Gasteiger partial charge in [-0.3, -0.25) is 9.78 Å². The van der Waals surface area contributed by atoms with Crippen LogP contribution in [0.2, 0.25) is 0 Å². The van der Waals surface area contributed by atoms with E-state index < -0.39 is 0 Å². The second-order valence-corrected chi connectivity index (χ2v) is 4.16. The summed E-state index contributed by atoms with van der Waals surface area (Å²) in [6, 6.07) is 9.55. The Kier molecular flexibility index (Phi) is 5.52. The molecule has 100 valence electrons. The first-order valence-corrected chi connectivity index (χ1v) is 6.02. The number of hydrogen-bond donors (Lipinski definition) is 1. The van der Waals surface area contributed by atoms with Crippen molar-refractivity contribution < 1.29 is 4.79 Å². The third-order valence-electron chi connectivity index (χ3n) is 2.90. The van der Waals surface area contributed by atoms with Gasteiger partial charge in [-0.25, -0.2) is 0 Å². The van der Waals surface area contributed by atoms with E-state index in [0.717, 1.165) is 23.2 Å². The molecule has 0 saturated carbocycles. The highest BCUT2D eigenvalue weighted by atomic mass is 35.5. The first kappa shape index (κ1) is 15.2. The summed E-state index contributed by atoms with van der Waals surface area (Å²) in [7, 11) is 0. The molecule has 1 aromatic carbocycles. The summed E-state index contributed by atoms with van der Waals surface area (Å²) in [4.78, 5) is 16.0. The Labute approximate surface area is 119 Å². The topological polar surface area (TPSA) is 42.0 Å². The Morgan fingerprint density at radius 2 is 2.05 bits per heavy atom. The van der Waals surface area contributed by atoms with Crippen molar-refractivity contribution in [2.24, 2.45) is 0 Å². The maximum atomic E-state index is 12.1. The van der Waals surface area contributed by atoms with Crippen LogP contribution in [0.15, 0.2) is 42.7 Å². The van der Waals surface area contributed by atoms with E-state index >= 15 is 0 Å². The number of anilines is 1. The smallest absolute Gasteiger partial charge is 0.257 e. The summed E-state index contributed by atoms with van der Waals surface area (Å²) in [5.74, 6) is -0.118. The number of pyridine rings is 1. The fourth-order valence-electron chi connectivity index (χ4n) is 1.88. The van der Waals surface area contributed by atoms with E-state index in [1.165, 1.54) is 0 Å². The van der Waals surface area contributed by atoms with E-state index in [1.807, 2.05) is 25.1 Å². The number of carbonyl (C=O) groups is 1. The number of nitrogens with zero attached hydrogens (tertiary/aromatic N) is 1. The van der Waals surface area contributed by atoms with Gasteiger partial charge in [0.15, 0.2) is 0 Å². The number of nitrogens with one attached hydrogen (secondary N) is 1. The second-order valence-electron chi connectivity index (χ2n) is 4.16. The summed E-state index contributed by atoms with van der Waals surface area (Å²) in [6.45, 7) is 4.08. The number of aryl methyl sites for hydroxylation is 2. The van der Waals surface area contributed by atoms with Gasteiger partial charge in [-0.05, 0) is 36.6 Å². The monoisotopic (exact) mass is 276 g/mol. The van der Waals surface area contributed by atoms with Crippen LogP contribution in [0.5, 0.6) is 0 Å². The minimum atomic E-state index is -0.118. The molecule has 0 aliphatic carbocycles. The fourth-order valence-corrected chi connectivity index (χ4v) is 1.88. The normalized spacial score (nSPS) is 9.58. The Hall–Kier alpha value is -1.87. The standard InChI is InChI=1S/C15H16N2O.ClH/c1-3-12-7-4-6-11(2)14(12)17-15(18)13-8-5-9-16-10-13;/h4-10H,3H2,1-2H3,(H,17,18);1H. The average Bonchev–Trinajstić information content (AvgIpc) is 2.42. The molecule has 3 nitrogen and oxygen atoms in total. The van der Waals surface area contributed by atoms with Gasteiger partial charge in [-0.1, -0.05) is 25.1 Å². The molecule has 2 rings (SSSR count). The minimum Gasteiger partial charge on any atom is -0.321 e. The zero-order valence-corrected chi connectivity index (χ0v) is 11.8. The third-order valence-corrected chi connectivity index (χ3v) is 2.90. The Bertz CT molecular complexity index is 555. The molecule has 1 amide bonds. The summed E-state index contributed by atoms with van der Waals surface area (Å²) in [5.41, 5.74) is 3.70. The van der Waals surface area contributed by atoms with Gasteiger partial charge < -0.3 is 5.32 Å². The van der Waals surface area contributed by atoms with Gasteiger partial charge in [0.1, 0.15) is 0 Å². The Morgan fingerprint density at radius 1 is 1.26 bits per heavy atom. The zero-order valence-electron chi connectivity index (χ0n) is 11.0. The summed E-state index contributed by atoms with van der Waals surface area (Å²) < 4.78 is 0. The van der Waals surface area contributed by atoms with Crippen LogP contribution in [0.1, 0.15) is 28.4 Å². The molecule has 1 heterocycles. The molecule has 0 aliphatic heterocycles. The van der Waals surface area contributed by atoms with Gasteiger partial charge in [-0.15, -0.1) is 12.4 Å². The highest BCUT2D eigenvalue weighted by Crippen LogP contribution is 2.21. The maximum absolute atomic E-state index is 12.1. The van der Waals surface area contributed by atoms with Crippen LogP contribution in [-0.4, -0.2) is 10.9 Å². The molecule has 1 N–H and O–H groups in total. The molecule has 4 heteroatoms. The number of aromatic nitrogens is 1. The van der Waals surface area contributed by atoms with Gasteiger partial charge >= 0.3 is 0 Å². The molecule has 0 bridgehead atoms. The molecular weight excluding hydrogens is 260 g/mol. The molecule has 2 aromatic rings.